The fourth-order valence-corrected chi connectivity index (χ4v) is 3.19. The van der Waals surface area contributed by atoms with Crippen LogP contribution in [-0.2, 0) is 10.5 Å². The number of nitrogens with zero attached hydrogens (tertiary/aromatic N) is 1. The minimum Gasteiger partial charge on any atom is -0.497 e. The molecule has 0 saturated heterocycles. The highest BCUT2D eigenvalue weighted by molar-refractivity contribution is 9.10. The van der Waals surface area contributed by atoms with Crippen LogP contribution in [0.5, 0.6) is 5.75 Å². The highest BCUT2D eigenvalue weighted by Gasteiger charge is 2.10. The number of benzene rings is 1. The molecule has 0 radical (unpaired) electrons. The van der Waals surface area contributed by atoms with Crippen LogP contribution in [0.15, 0.2) is 22.7 Å². The Labute approximate surface area is 127 Å². The zero-order valence-corrected chi connectivity index (χ0v) is 14.0. The first-order chi connectivity index (χ1) is 9.12. The second-order valence-corrected chi connectivity index (χ2v) is 5.86. The molecule has 0 spiro atoms. The Bertz CT molecular complexity index is 422. The molecule has 0 heterocycles. The number of ether oxygens (including phenoxy) is 1. The van der Waals surface area contributed by atoms with Gasteiger partial charge in [-0.25, -0.2) is 0 Å². The average molecular weight is 346 g/mol. The van der Waals surface area contributed by atoms with Crippen molar-refractivity contribution in [2.75, 3.05) is 26.0 Å². The Morgan fingerprint density at radius 1 is 1.37 bits per heavy atom. The van der Waals surface area contributed by atoms with Crippen molar-refractivity contribution in [1.82, 2.24) is 4.90 Å². The lowest BCUT2D eigenvalue weighted by Gasteiger charge is -2.18. The quantitative estimate of drug-likeness (QED) is 0.756. The van der Waals surface area contributed by atoms with Crippen LogP contribution in [0.1, 0.15) is 19.4 Å². The Kier molecular flexibility index (Phi) is 7.31. The highest BCUT2D eigenvalue weighted by Crippen LogP contribution is 2.26. The van der Waals surface area contributed by atoms with Gasteiger partial charge in [0, 0.05) is 23.3 Å². The summed E-state index contributed by atoms with van der Waals surface area (Å²) in [5.41, 5.74) is 1.15. The zero-order valence-electron chi connectivity index (χ0n) is 11.6. The summed E-state index contributed by atoms with van der Waals surface area (Å²) < 4.78 is 6.26. The third-order valence-electron chi connectivity index (χ3n) is 2.85. The molecule has 0 bridgehead atoms. The molecule has 3 nitrogen and oxygen atoms in total. The molecular formula is C14H20BrNO2S. The van der Waals surface area contributed by atoms with Crippen LogP contribution in [-0.4, -0.2) is 36.8 Å². The van der Waals surface area contributed by atoms with Gasteiger partial charge in [0.1, 0.15) is 5.75 Å². The van der Waals surface area contributed by atoms with E-state index < -0.39 is 0 Å². The minimum absolute atomic E-state index is 0.203. The fourth-order valence-electron chi connectivity index (χ4n) is 1.70. The van der Waals surface area contributed by atoms with Crippen molar-refractivity contribution in [3.05, 3.63) is 28.2 Å². The molecule has 1 amide bonds. The van der Waals surface area contributed by atoms with Crippen molar-refractivity contribution in [2.24, 2.45) is 0 Å². The summed E-state index contributed by atoms with van der Waals surface area (Å²) in [5, 5.41) is 0. The summed E-state index contributed by atoms with van der Waals surface area (Å²) in [7, 11) is 1.66. The summed E-state index contributed by atoms with van der Waals surface area (Å²) in [5.74, 6) is 2.36. The standard InChI is InChI=1S/C14H20BrNO2S/c1-4-16(5-2)14(17)10-19-9-11-8-12(18-3)6-7-13(11)15/h6-8H,4-5,9-10H2,1-3H3. The topological polar surface area (TPSA) is 29.5 Å². The average Bonchev–Trinajstić information content (AvgIpc) is 2.42. The van der Waals surface area contributed by atoms with Gasteiger partial charge in [0.05, 0.1) is 12.9 Å². The van der Waals surface area contributed by atoms with Crippen molar-refractivity contribution < 1.29 is 9.53 Å². The van der Waals surface area contributed by atoms with E-state index in [2.05, 4.69) is 15.9 Å². The molecule has 106 valence electrons. The van der Waals surface area contributed by atoms with Gasteiger partial charge in [-0.05, 0) is 37.6 Å². The molecule has 0 aromatic heterocycles. The van der Waals surface area contributed by atoms with E-state index in [9.17, 15) is 4.79 Å². The lowest BCUT2D eigenvalue weighted by atomic mass is 10.2. The molecule has 0 aliphatic carbocycles. The third-order valence-corrected chi connectivity index (χ3v) is 4.59. The first kappa shape index (κ1) is 16.4. The van der Waals surface area contributed by atoms with Crippen LogP contribution in [0, 0.1) is 0 Å². The Morgan fingerprint density at radius 3 is 2.63 bits per heavy atom. The Balaban J connectivity index is 2.51. The van der Waals surface area contributed by atoms with Crippen LogP contribution in [0.3, 0.4) is 0 Å². The number of amides is 1. The van der Waals surface area contributed by atoms with Gasteiger partial charge in [0.2, 0.25) is 5.91 Å². The van der Waals surface area contributed by atoms with Crippen molar-refractivity contribution in [3.63, 3.8) is 0 Å². The molecule has 1 aromatic carbocycles. The summed E-state index contributed by atoms with van der Waals surface area (Å²) in [6.07, 6.45) is 0. The molecule has 0 aliphatic heterocycles. The molecule has 5 heteroatoms. The van der Waals surface area contributed by atoms with E-state index in [0.717, 1.165) is 34.6 Å². The van der Waals surface area contributed by atoms with Gasteiger partial charge in [-0.15, -0.1) is 11.8 Å². The summed E-state index contributed by atoms with van der Waals surface area (Å²) in [6.45, 7) is 5.56. The lowest BCUT2D eigenvalue weighted by Crippen LogP contribution is -2.31. The normalized spacial score (nSPS) is 10.3. The van der Waals surface area contributed by atoms with E-state index in [1.54, 1.807) is 18.9 Å². The summed E-state index contributed by atoms with van der Waals surface area (Å²) in [6, 6.07) is 5.89. The van der Waals surface area contributed by atoms with Crippen molar-refractivity contribution >= 4 is 33.6 Å². The third kappa shape index (κ3) is 5.07. The molecular weight excluding hydrogens is 326 g/mol. The van der Waals surface area contributed by atoms with Gasteiger partial charge in [0.15, 0.2) is 0 Å². The van der Waals surface area contributed by atoms with E-state index >= 15 is 0 Å². The largest absolute Gasteiger partial charge is 0.497 e. The number of hydrogen-bond donors (Lipinski definition) is 0. The SMILES string of the molecule is CCN(CC)C(=O)CSCc1cc(OC)ccc1Br. The van der Waals surface area contributed by atoms with Crippen molar-refractivity contribution in [2.45, 2.75) is 19.6 Å². The molecule has 19 heavy (non-hydrogen) atoms. The Hall–Kier alpha value is -0.680. The van der Waals surface area contributed by atoms with Crippen LogP contribution in [0.4, 0.5) is 0 Å². The fraction of sp³-hybridized carbons (Fsp3) is 0.500. The molecule has 0 N–H and O–H groups in total. The van der Waals surface area contributed by atoms with Crippen LogP contribution in [0.25, 0.3) is 0 Å². The lowest BCUT2D eigenvalue weighted by molar-refractivity contribution is -0.127. The van der Waals surface area contributed by atoms with Crippen molar-refractivity contribution in [1.29, 1.82) is 0 Å². The number of halogens is 1. The van der Waals surface area contributed by atoms with Crippen LogP contribution < -0.4 is 4.74 Å². The monoisotopic (exact) mass is 345 g/mol. The second kappa shape index (κ2) is 8.48. The van der Waals surface area contributed by atoms with Gasteiger partial charge in [-0.2, -0.15) is 0 Å². The first-order valence-electron chi connectivity index (χ1n) is 6.30. The van der Waals surface area contributed by atoms with Crippen LogP contribution >= 0.6 is 27.7 Å². The molecule has 1 rings (SSSR count). The number of rotatable bonds is 7. The van der Waals surface area contributed by atoms with E-state index in [0.29, 0.717) is 5.75 Å². The number of carbonyl (C=O) groups excluding carboxylic acids is 1. The molecule has 0 aliphatic rings. The number of hydrogen-bond acceptors (Lipinski definition) is 3. The molecule has 1 aromatic rings. The zero-order chi connectivity index (χ0) is 14.3. The van der Waals surface area contributed by atoms with E-state index in [4.69, 9.17) is 4.74 Å². The number of methoxy groups -OCH3 is 1. The Morgan fingerprint density at radius 2 is 2.05 bits per heavy atom. The predicted octanol–water partition coefficient (Wildman–Crippen LogP) is 3.56. The maximum Gasteiger partial charge on any atom is 0.232 e. The highest BCUT2D eigenvalue weighted by atomic mass is 79.9. The molecule has 0 fully saturated rings. The predicted molar refractivity (Wildman–Crippen MR) is 84.8 cm³/mol. The molecule has 0 atom stereocenters. The van der Waals surface area contributed by atoms with E-state index in [1.807, 2.05) is 36.9 Å². The maximum absolute atomic E-state index is 11.9. The number of carbonyl (C=O) groups is 1. The summed E-state index contributed by atoms with van der Waals surface area (Å²) >= 11 is 5.15. The van der Waals surface area contributed by atoms with Gasteiger partial charge < -0.3 is 9.64 Å². The van der Waals surface area contributed by atoms with Crippen molar-refractivity contribution in [3.8, 4) is 5.75 Å². The van der Waals surface area contributed by atoms with Gasteiger partial charge in [-0.3, -0.25) is 4.79 Å². The smallest absolute Gasteiger partial charge is 0.232 e. The first-order valence-corrected chi connectivity index (χ1v) is 8.25. The minimum atomic E-state index is 0.203. The van der Waals surface area contributed by atoms with Gasteiger partial charge in [0.25, 0.3) is 0 Å². The van der Waals surface area contributed by atoms with Gasteiger partial charge in [-0.1, -0.05) is 15.9 Å². The summed E-state index contributed by atoms with van der Waals surface area (Å²) in [4.78, 5) is 13.7. The van der Waals surface area contributed by atoms with E-state index in [1.165, 1.54) is 0 Å². The van der Waals surface area contributed by atoms with Gasteiger partial charge >= 0.3 is 0 Å². The number of thioether (sulfide) groups is 1. The second-order valence-electron chi connectivity index (χ2n) is 4.02. The molecule has 0 saturated carbocycles. The van der Waals surface area contributed by atoms with E-state index in [-0.39, 0.29) is 5.91 Å². The maximum atomic E-state index is 11.9. The van der Waals surface area contributed by atoms with Crippen LogP contribution in [0.2, 0.25) is 0 Å². The molecule has 0 unspecified atom stereocenters.